The van der Waals surface area contributed by atoms with E-state index in [9.17, 15) is 0 Å². The molecular weight excluding hydrogens is 252 g/mol. The second kappa shape index (κ2) is 4.94. The van der Waals surface area contributed by atoms with Gasteiger partial charge in [-0.1, -0.05) is 13.8 Å². The molecule has 3 heterocycles. The second-order valence-corrected chi connectivity index (χ2v) is 6.26. The fourth-order valence-corrected chi connectivity index (χ4v) is 2.83. The number of hydrazine groups is 1. The zero-order chi connectivity index (χ0) is 14.2. The van der Waals surface area contributed by atoms with E-state index < -0.39 is 0 Å². The lowest BCUT2D eigenvalue weighted by molar-refractivity contribution is 0.325. The predicted octanol–water partition coefficient (Wildman–Crippen LogP) is 2.03. The zero-order valence-corrected chi connectivity index (χ0v) is 12.1. The Morgan fingerprint density at radius 1 is 1.30 bits per heavy atom. The molecule has 0 bridgehead atoms. The summed E-state index contributed by atoms with van der Waals surface area (Å²) in [6.07, 6.45) is 9.17. The van der Waals surface area contributed by atoms with Crippen molar-refractivity contribution in [3.8, 4) is 0 Å². The molecule has 0 aliphatic carbocycles. The monoisotopic (exact) mass is 274 g/mol. The third kappa shape index (κ3) is 2.43. The normalized spacial score (nSPS) is 19.1. The molecule has 1 fully saturated rings. The molecule has 0 radical (unpaired) electrons. The Balaban J connectivity index is 1.98. The van der Waals surface area contributed by atoms with E-state index in [4.69, 9.17) is 5.84 Å². The van der Waals surface area contributed by atoms with Gasteiger partial charge in [0.15, 0.2) is 17.3 Å². The number of nitrogens with two attached hydrogens (primary N) is 1. The van der Waals surface area contributed by atoms with E-state index in [-0.39, 0.29) is 0 Å². The van der Waals surface area contributed by atoms with Crippen LogP contribution in [0.4, 0.5) is 11.6 Å². The van der Waals surface area contributed by atoms with E-state index in [1.807, 2.05) is 16.8 Å². The first-order valence-corrected chi connectivity index (χ1v) is 7.14. The number of nitrogens with zero attached hydrogens (tertiary/aromatic N) is 4. The average molecular weight is 274 g/mol. The SMILES string of the molecule is CC1(C)CCCN(c2nc(NN)cn3ccnc23)CC1. The molecule has 2 aromatic heterocycles. The summed E-state index contributed by atoms with van der Waals surface area (Å²) in [5.74, 6) is 7.10. The predicted molar refractivity (Wildman–Crippen MR) is 80.6 cm³/mol. The topological polar surface area (TPSA) is 71.5 Å². The summed E-state index contributed by atoms with van der Waals surface area (Å²) in [5.41, 5.74) is 3.93. The number of rotatable bonds is 2. The summed E-state index contributed by atoms with van der Waals surface area (Å²) in [7, 11) is 0. The molecule has 3 rings (SSSR count). The van der Waals surface area contributed by atoms with Gasteiger partial charge in [0.25, 0.3) is 0 Å². The molecule has 3 N–H and O–H groups in total. The number of imidazole rings is 1. The van der Waals surface area contributed by atoms with Gasteiger partial charge in [-0.05, 0) is 24.7 Å². The number of hydrogen-bond acceptors (Lipinski definition) is 5. The largest absolute Gasteiger partial charge is 0.353 e. The van der Waals surface area contributed by atoms with Crippen molar-refractivity contribution in [2.24, 2.45) is 11.3 Å². The summed E-state index contributed by atoms with van der Waals surface area (Å²) >= 11 is 0. The van der Waals surface area contributed by atoms with E-state index in [2.05, 4.69) is 34.1 Å². The van der Waals surface area contributed by atoms with Gasteiger partial charge in [0, 0.05) is 25.5 Å². The van der Waals surface area contributed by atoms with E-state index in [0.29, 0.717) is 11.2 Å². The molecule has 0 saturated carbocycles. The number of hydrogen-bond donors (Lipinski definition) is 2. The van der Waals surface area contributed by atoms with Crippen molar-refractivity contribution < 1.29 is 0 Å². The van der Waals surface area contributed by atoms with Crippen LogP contribution in [0.3, 0.4) is 0 Å². The van der Waals surface area contributed by atoms with Crippen molar-refractivity contribution in [3.05, 3.63) is 18.6 Å². The maximum atomic E-state index is 5.52. The first kappa shape index (κ1) is 13.2. The Hall–Kier alpha value is -1.82. The van der Waals surface area contributed by atoms with Crippen molar-refractivity contribution >= 4 is 17.3 Å². The van der Waals surface area contributed by atoms with Crippen LogP contribution < -0.4 is 16.2 Å². The van der Waals surface area contributed by atoms with E-state index in [1.54, 1.807) is 6.20 Å². The Bertz CT molecular complexity index is 603. The number of nitrogen functional groups attached to an aromatic ring is 1. The highest BCUT2D eigenvalue weighted by atomic mass is 15.3. The fourth-order valence-electron chi connectivity index (χ4n) is 2.83. The van der Waals surface area contributed by atoms with Gasteiger partial charge in [0.2, 0.25) is 0 Å². The van der Waals surface area contributed by atoms with Crippen LogP contribution in [0.25, 0.3) is 5.65 Å². The maximum Gasteiger partial charge on any atom is 0.180 e. The van der Waals surface area contributed by atoms with Gasteiger partial charge < -0.3 is 14.7 Å². The first-order valence-electron chi connectivity index (χ1n) is 7.14. The molecule has 6 nitrogen and oxygen atoms in total. The number of fused-ring (bicyclic) bond motifs is 1. The quantitative estimate of drug-likeness (QED) is 0.647. The van der Waals surface area contributed by atoms with Crippen LogP contribution in [0.2, 0.25) is 0 Å². The summed E-state index contributed by atoms with van der Waals surface area (Å²) in [6.45, 7) is 6.71. The lowest BCUT2D eigenvalue weighted by Gasteiger charge is -2.24. The standard InChI is InChI=1S/C14H22N6/c1-14(2)4-3-7-19(8-5-14)13-12-16-6-9-20(12)10-11(17-13)18-15/h6,9-10,18H,3-5,7-8,15H2,1-2H3. The summed E-state index contributed by atoms with van der Waals surface area (Å²) in [4.78, 5) is 11.4. The minimum Gasteiger partial charge on any atom is -0.353 e. The molecular formula is C14H22N6. The smallest absolute Gasteiger partial charge is 0.180 e. The highest BCUT2D eigenvalue weighted by molar-refractivity contribution is 5.66. The van der Waals surface area contributed by atoms with Gasteiger partial charge in [-0.15, -0.1) is 0 Å². The highest BCUT2D eigenvalue weighted by Crippen LogP contribution is 2.32. The Labute approximate surface area is 119 Å². The molecule has 0 amide bonds. The van der Waals surface area contributed by atoms with Gasteiger partial charge in [0.1, 0.15) is 0 Å². The molecule has 1 aliphatic rings. The zero-order valence-electron chi connectivity index (χ0n) is 12.1. The maximum absolute atomic E-state index is 5.52. The molecule has 1 aliphatic heterocycles. The van der Waals surface area contributed by atoms with Crippen LogP contribution in [-0.2, 0) is 0 Å². The van der Waals surface area contributed by atoms with Gasteiger partial charge in [-0.3, -0.25) is 0 Å². The van der Waals surface area contributed by atoms with Crippen molar-refractivity contribution in [2.75, 3.05) is 23.4 Å². The lowest BCUT2D eigenvalue weighted by Crippen LogP contribution is -2.27. The highest BCUT2D eigenvalue weighted by Gasteiger charge is 2.25. The van der Waals surface area contributed by atoms with Gasteiger partial charge in [0.05, 0.1) is 6.20 Å². The fraction of sp³-hybridized carbons (Fsp3) is 0.571. The summed E-state index contributed by atoms with van der Waals surface area (Å²) in [6, 6.07) is 0. The number of nitrogens with one attached hydrogen (secondary N) is 1. The third-order valence-corrected chi connectivity index (χ3v) is 4.14. The first-order chi connectivity index (χ1) is 9.59. The van der Waals surface area contributed by atoms with Crippen molar-refractivity contribution in [2.45, 2.75) is 33.1 Å². The van der Waals surface area contributed by atoms with Crippen molar-refractivity contribution in [1.82, 2.24) is 14.4 Å². The molecule has 1 saturated heterocycles. The minimum atomic E-state index is 0.407. The van der Waals surface area contributed by atoms with Crippen LogP contribution in [0.15, 0.2) is 18.6 Å². The lowest BCUT2D eigenvalue weighted by atomic mass is 9.85. The molecule has 0 spiro atoms. The molecule has 0 aromatic carbocycles. The van der Waals surface area contributed by atoms with Crippen LogP contribution in [0, 0.1) is 5.41 Å². The molecule has 0 atom stereocenters. The summed E-state index contributed by atoms with van der Waals surface area (Å²) in [5, 5.41) is 0. The van der Waals surface area contributed by atoms with Crippen LogP contribution in [0.1, 0.15) is 33.1 Å². The van der Waals surface area contributed by atoms with Crippen molar-refractivity contribution in [3.63, 3.8) is 0 Å². The van der Waals surface area contributed by atoms with Crippen LogP contribution >= 0.6 is 0 Å². The van der Waals surface area contributed by atoms with Gasteiger partial charge in [-0.25, -0.2) is 15.8 Å². The van der Waals surface area contributed by atoms with Crippen LogP contribution in [-0.4, -0.2) is 27.5 Å². The minimum absolute atomic E-state index is 0.407. The number of aromatic nitrogens is 3. The molecule has 2 aromatic rings. The molecule has 108 valence electrons. The van der Waals surface area contributed by atoms with Crippen LogP contribution in [0.5, 0.6) is 0 Å². The van der Waals surface area contributed by atoms with E-state index in [1.165, 1.54) is 19.3 Å². The Morgan fingerprint density at radius 2 is 2.15 bits per heavy atom. The molecule has 0 unspecified atom stereocenters. The Kier molecular flexibility index (Phi) is 3.25. The second-order valence-electron chi connectivity index (χ2n) is 6.26. The van der Waals surface area contributed by atoms with Crippen molar-refractivity contribution in [1.29, 1.82) is 0 Å². The average Bonchev–Trinajstić information content (AvgIpc) is 2.82. The Morgan fingerprint density at radius 3 is 2.95 bits per heavy atom. The van der Waals surface area contributed by atoms with E-state index in [0.717, 1.165) is 24.6 Å². The third-order valence-electron chi connectivity index (χ3n) is 4.14. The molecule has 20 heavy (non-hydrogen) atoms. The van der Waals surface area contributed by atoms with Gasteiger partial charge >= 0.3 is 0 Å². The van der Waals surface area contributed by atoms with Gasteiger partial charge in [-0.2, -0.15) is 0 Å². The molecule has 6 heteroatoms. The number of anilines is 2. The van der Waals surface area contributed by atoms with E-state index >= 15 is 0 Å². The summed E-state index contributed by atoms with van der Waals surface area (Å²) < 4.78 is 1.97.